The fraction of sp³-hybridized carbons (Fsp3) is 0.263. The highest BCUT2D eigenvalue weighted by molar-refractivity contribution is 7.89. The van der Waals surface area contributed by atoms with Crippen LogP contribution >= 0.6 is 11.3 Å². The molecule has 0 N–H and O–H groups in total. The number of sulfonamides is 1. The summed E-state index contributed by atoms with van der Waals surface area (Å²) in [7, 11) is -1.81. The second kappa shape index (κ2) is 8.53. The molecule has 0 aliphatic heterocycles. The van der Waals surface area contributed by atoms with Crippen molar-refractivity contribution >= 4 is 21.4 Å². The van der Waals surface area contributed by atoms with Crippen molar-refractivity contribution in [2.75, 3.05) is 12.9 Å². The average Bonchev–Trinajstić information content (AvgIpc) is 3.34. The van der Waals surface area contributed by atoms with E-state index in [0.29, 0.717) is 19.5 Å². The normalized spacial score (nSPS) is 11.8. The predicted molar refractivity (Wildman–Crippen MR) is 103 cm³/mol. The zero-order valence-corrected chi connectivity index (χ0v) is 16.1. The second-order valence-electron chi connectivity index (χ2n) is 5.89. The molecule has 5 nitrogen and oxygen atoms in total. The number of rotatable bonds is 9. The molecule has 138 valence electrons. The van der Waals surface area contributed by atoms with Crippen LogP contribution in [0.25, 0.3) is 0 Å². The van der Waals surface area contributed by atoms with Crippen LogP contribution in [-0.4, -0.2) is 25.6 Å². The molecule has 0 amide bonds. The van der Waals surface area contributed by atoms with Crippen LogP contribution in [-0.2, 0) is 29.5 Å². The van der Waals surface area contributed by atoms with Gasteiger partial charge in [0, 0.05) is 23.5 Å². The summed E-state index contributed by atoms with van der Waals surface area (Å²) < 4.78 is 37.7. The number of nitrogens with zero attached hydrogens (tertiary/aromatic N) is 1. The maximum absolute atomic E-state index is 13.0. The van der Waals surface area contributed by atoms with Gasteiger partial charge in [0.2, 0.25) is 10.0 Å². The van der Waals surface area contributed by atoms with Crippen molar-refractivity contribution in [3.8, 4) is 5.75 Å². The first kappa shape index (κ1) is 18.7. The molecule has 1 aromatic carbocycles. The van der Waals surface area contributed by atoms with Gasteiger partial charge in [0.25, 0.3) is 0 Å². The molecule has 3 aromatic rings. The van der Waals surface area contributed by atoms with E-state index in [1.807, 2.05) is 41.8 Å². The number of ether oxygens (including phenoxy) is 1. The number of furan rings is 1. The largest absolute Gasteiger partial charge is 0.497 e. The fourth-order valence-corrected chi connectivity index (χ4v) is 4.82. The highest BCUT2D eigenvalue weighted by Gasteiger charge is 2.23. The molecule has 0 radical (unpaired) electrons. The Bertz CT molecular complexity index is 849. The Hall–Kier alpha value is -2.09. The minimum Gasteiger partial charge on any atom is -0.497 e. The standard InChI is InChI=1S/C19H21NO4S2/c1-23-18-6-4-16(5-7-18)9-12-26(21,22)20(13-17-8-10-24-15-17)14-19-3-2-11-25-19/h2-8,10-11,15H,9,12-14H2,1H3. The van der Waals surface area contributed by atoms with Crippen molar-refractivity contribution in [1.29, 1.82) is 0 Å². The zero-order valence-electron chi connectivity index (χ0n) is 14.5. The van der Waals surface area contributed by atoms with Gasteiger partial charge in [0.05, 0.1) is 25.4 Å². The summed E-state index contributed by atoms with van der Waals surface area (Å²) in [5, 5.41) is 1.95. The Labute approximate surface area is 157 Å². The molecule has 0 spiro atoms. The molecule has 3 rings (SSSR count). The number of hydrogen-bond donors (Lipinski definition) is 0. The first-order valence-electron chi connectivity index (χ1n) is 8.21. The second-order valence-corrected chi connectivity index (χ2v) is 9.01. The molecular formula is C19H21NO4S2. The van der Waals surface area contributed by atoms with Crippen LogP contribution in [0.3, 0.4) is 0 Å². The lowest BCUT2D eigenvalue weighted by molar-refractivity contribution is 0.402. The minimum atomic E-state index is -3.42. The van der Waals surface area contributed by atoms with Crippen LogP contribution in [0.2, 0.25) is 0 Å². The topological polar surface area (TPSA) is 59.8 Å². The van der Waals surface area contributed by atoms with Gasteiger partial charge in [0.15, 0.2) is 0 Å². The Morgan fingerprint density at radius 3 is 2.50 bits per heavy atom. The summed E-state index contributed by atoms with van der Waals surface area (Å²) in [6, 6.07) is 13.2. The van der Waals surface area contributed by atoms with Crippen molar-refractivity contribution < 1.29 is 17.6 Å². The van der Waals surface area contributed by atoms with Gasteiger partial charge in [-0.15, -0.1) is 11.3 Å². The van der Waals surface area contributed by atoms with Crippen LogP contribution in [0.15, 0.2) is 64.8 Å². The Balaban J connectivity index is 1.71. The van der Waals surface area contributed by atoms with Crippen LogP contribution in [0, 0.1) is 0 Å². The molecule has 0 saturated carbocycles. The van der Waals surface area contributed by atoms with Crippen LogP contribution in [0.4, 0.5) is 0 Å². The molecule has 0 aliphatic carbocycles. The third kappa shape index (κ3) is 4.97. The van der Waals surface area contributed by atoms with E-state index >= 15 is 0 Å². The quantitative estimate of drug-likeness (QED) is 0.555. The van der Waals surface area contributed by atoms with E-state index in [9.17, 15) is 8.42 Å². The van der Waals surface area contributed by atoms with E-state index < -0.39 is 10.0 Å². The summed E-state index contributed by atoms with van der Waals surface area (Å²) >= 11 is 1.56. The molecule has 7 heteroatoms. The van der Waals surface area contributed by atoms with Crippen molar-refractivity contribution in [2.24, 2.45) is 0 Å². The maximum atomic E-state index is 13.0. The van der Waals surface area contributed by atoms with Crippen LogP contribution < -0.4 is 4.74 Å². The Morgan fingerprint density at radius 1 is 1.08 bits per heavy atom. The molecule has 2 heterocycles. The van der Waals surface area contributed by atoms with Gasteiger partial charge in [0.1, 0.15) is 5.75 Å². The Morgan fingerprint density at radius 2 is 1.88 bits per heavy atom. The number of hydrogen-bond acceptors (Lipinski definition) is 5. The number of aryl methyl sites for hydroxylation is 1. The summed E-state index contributed by atoms with van der Waals surface area (Å²) in [4.78, 5) is 1.02. The van der Waals surface area contributed by atoms with E-state index in [2.05, 4.69) is 0 Å². The minimum absolute atomic E-state index is 0.0581. The lowest BCUT2D eigenvalue weighted by Gasteiger charge is -2.21. The van der Waals surface area contributed by atoms with Gasteiger partial charge >= 0.3 is 0 Å². The lowest BCUT2D eigenvalue weighted by Crippen LogP contribution is -2.32. The Kier molecular flexibility index (Phi) is 6.13. The zero-order chi connectivity index (χ0) is 18.4. The maximum Gasteiger partial charge on any atom is 0.215 e. The third-order valence-corrected chi connectivity index (χ3v) is 6.68. The van der Waals surface area contributed by atoms with E-state index in [4.69, 9.17) is 9.15 Å². The molecule has 2 aromatic heterocycles. The summed E-state index contributed by atoms with van der Waals surface area (Å²) in [6.45, 7) is 0.674. The molecule has 0 aliphatic rings. The molecule has 0 unspecified atom stereocenters. The summed E-state index contributed by atoms with van der Waals surface area (Å²) in [5.74, 6) is 0.818. The highest BCUT2D eigenvalue weighted by atomic mass is 32.2. The molecule has 0 bridgehead atoms. The van der Waals surface area contributed by atoms with E-state index in [1.165, 1.54) is 4.31 Å². The number of benzene rings is 1. The van der Waals surface area contributed by atoms with Crippen molar-refractivity contribution in [1.82, 2.24) is 4.31 Å². The lowest BCUT2D eigenvalue weighted by atomic mass is 10.2. The molecular weight excluding hydrogens is 370 g/mol. The van der Waals surface area contributed by atoms with E-state index in [1.54, 1.807) is 37.0 Å². The van der Waals surface area contributed by atoms with Crippen LogP contribution in [0.5, 0.6) is 5.75 Å². The molecule has 0 fully saturated rings. The third-order valence-electron chi connectivity index (χ3n) is 4.05. The van der Waals surface area contributed by atoms with Crippen LogP contribution in [0.1, 0.15) is 16.0 Å². The van der Waals surface area contributed by atoms with Gasteiger partial charge in [-0.2, -0.15) is 4.31 Å². The summed E-state index contributed by atoms with van der Waals surface area (Å²) in [6.07, 6.45) is 3.60. The van der Waals surface area contributed by atoms with Gasteiger partial charge in [-0.3, -0.25) is 0 Å². The van der Waals surface area contributed by atoms with E-state index in [-0.39, 0.29) is 5.75 Å². The predicted octanol–water partition coefficient (Wildman–Crippen LogP) is 3.92. The van der Waals surface area contributed by atoms with Crippen molar-refractivity contribution in [2.45, 2.75) is 19.5 Å². The van der Waals surface area contributed by atoms with Gasteiger partial charge in [-0.25, -0.2) is 8.42 Å². The van der Waals surface area contributed by atoms with Crippen molar-refractivity contribution in [3.63, 3.8) is 0 Å². The first-order valence-corrected chi connectivity index (χ1v) is 10.7. The molecule has 26 heavy (non-hydrogen) atoms. The highest BCUT2D eigenvalue weighted by Crippen LogP contribution is 2.19. The smallest absolute Gasteiger partial charge is 0.215 e. The van der Waals surface area contributed by atoms with Gasteiger partial charge < -0.3 is 9.15 Å². The van der Waals surface area contributed by atoms with Gasteiger partial charge in [-0.05, 0) is 41.6 Å². The number of thiophene rings is 1. The average molecular weight is 392 g/mol. The first-order chi connectivity index (χ1) is 12.6. The van der Waals surface area contributed by atoms with Crippen molar-refractivity contribution in [3.05, 3.63) is 76.4 Å². The molecule has 0 saturated heterocycles. The fourth-order valence-electron chi connectivity index (χ4n) is 2.58. The van der Waals surface area contributed by atoms with E-state index in [0.717, 1.165) is 21.8 Å². The monoisotopic (exact) mass is 391 g/mol. The van der Waals surface area contributed by atoms with Gasteiger partial charge in [-0.1, -0.05) is 18.2 Å². The molecule has 0 atom stereocenters. The number of methoxy groups -OCH3 is 1. The summed E-state index contributed by atoms with van der Waals surface area (Å²) in [5.41, 5.74) is 1.81. The SMILES string of the molecule is COc1ccc(CCS(=O)(=O)N(Cc2ccoc2)Cc2cccs2)cc1.